The molecule has 0 spiro atoms. The van der Waals surface area contributed by atoms with Gasteiger partial charge in [0.25, 0.3) is 5.69 Å². The number of nitrogens with zero attached hydrogens (tertiary/aromatic N) is 2. The highest BCUT2D eigenvalue weighted by molar-refractivity contribution is 6.31. The summed E-state index contributed by atoms with van der Waals surface area (Å²) in [7, 11) is 0. The minimum atomic E-state index is -4.77. The molecule has 1 aliphatic heterocycles. The second-order valence-corrected chi connectivity index (χ2v) is 5.79. The van der Waals surface area contributed by atoms with Crippen LogP contribution in [-0.2, 0) is 10.9 Å². The summed E-state index contributed by atoms with van der Waals surface area (Å²) >= 11 is 5.70. The number of aliphatic hydroxyl groups excluding tert-OH is 1. The van der Waals surface area contributed by atoms with Crippen LogP contribution in [0.25, 0.3) is 0 Å². The van der Waals surface area contributed by atoms with Crippen molar-refractivity contribution in [1.82, 2.24) is 0 Å². The van der Waals surface area contributed by atoms with E-state index in [0.717, 1.165) is 6.07 Å². The first kappa shape index (κ1) is 18.8. The highest BCUT2D eigenvalue weighted by Crippen LogP contribution is 2.42. The molecule has 6 nitrogen and oxygen atoms in total. The van der Waals surface area contributed by atoms with Gasteiger partial charge in [-0.25, -0.2) is 0 Å². The van der Waals surface area contributed by atoms with E-state index in [2.05, 4.69) is 0 Å². The van der Waals surface area contributed by atoms with E-state index in [0.29, 0.717) is 25.5 Å². The molecule has 1 atom stereocenters. The number of ether oxygens (including phenoxy) is 1. The Morgan fingerprint density at radius 2 is 2.17 bits per heavy atom. The molecule has 0 saturated carbocycles. The molecule has 1 unspecified atom stereocenters. The Bertz CT molecular complexity index is 612. The zero-order valence-corrected chi connectivity index (χ0v) is 13.3. The van der Waals surface area contributed by atoms with Gasteiger partial charge in [-0.1, -0.05) is 11.6 Å². The number of aliphatic hydroxyl groups is 1. The van der Waals surface area contributed by atoms with Crippen LogP contribution in [0.3, 0.4) is 0 Å². The van der Waals surface area contributed by atoms with E-state index in [4.69, 9.17) is 21.4 Å². The summed E-state index contributed by atoms with van der Waals surface area (Å²) < 4.78 is 44.1. The van der Waals surface area contributed by atoms with E-state index >= 15 is 0 Å². The van der Waals surface area contributed by atoms with Crippen molar-refractivity contribution < 1.29 is 27.9 Å². The van der Waals surface area contributed by atoms with Gasteiger partial charge in [0.15, 0.2) is 0 Å². The molecule has 10 heteroatoms. The molecule has 2 rings (SSSR count). The Labute approximate surface area is 140 Å². The van der Waals surface area contributed by atoms with Gasteiger partial charge >= 0.3 is 6.18 Å². The molecule has 1 aliphatic rings. The van der Waals surface area contributed by atoms with Gasteiger partial charge in [-0.15, -0.1) is 0 Å². The van der Waals surface area contributed by atoms with Crippen LogP contribution in [0.4, 0.5) is 24.5 Å². The lowest BCUT2D eigenvalue weighted by atomic mass is 10.1. The number of hydrogen-bond acceptors (Lipinski definition) is 5. The molecular weight excluding hydrogens is 353 g/mol. The zero-order valence-electron chi connectivity index (χ0n) is 12.6. The Balaban J connectivity index is 2.35. The lowest BCUT2D eigenvalue weighted by Gasteiger charge is -2.34. The molecule has 1 N–H and O–H groups in total. The van der Waals surface area contributed by atoms with Crippen LogP contribution in [0.15, 0.2) is 12.1 Å². The van der Waals surface area contributed by atoms with E-state index in [1.165, 1.54) is 0 Å². The molecule has 1 fully saturated rings. The van der Waals surface area contributed by atoms with Gasteiger partial charge in [0.05, 0.1) is 34.8 Å². The third-order valence-corrected chi connectivity index (χ3v) is 4.04. The number of alkyl halides is 3. The maximum absolute atomic E-state index is 12.9. The smallest absolute Gasteiger partial charge is 0.394 e. The van der Waals surface area contributed by atoms with Crippen molar-refractivity contribution >= 4 is 23.0 Å². The predicted octanol–water partition coefficient (Wildman–Crippen LogP) is 3.24. The van der Waals surface area contributed by atoms with Crippen LogP contribution in [0.5, 0.6) is 0 Å². The van der Waals surface area contributed by atoms with Crippen molar-refractivity contribution in [1.29, 1.82) is 0 Å². The Kier molecular flexibility index (Phi) is 5.89. The highest BCUT2D eigenvalue weighted by Gasteiger charge is 2.37. The monoisotopic (exact) mass is 368 g/mol. The van der Waals surface area contributed by atoms with E-state index in [-0.39, 0.29) is 31.5 Å². The second kappa shape index (κ2) is 7.54. The summed E-state index contributed by atoms with van der Waals surface area (Å²) in [6.07, 6.45) is -3.66. The van der Waals surface area contributed by atoms with Gasteiger partial charge in [-0.3, -0.25) is 10.1 Å². The largest absolute Gasteiger partial charge is 0.418 e. The van der Waals surface area contributed by atoms with Crippen molar-refractivity contribution in [3.63, 3.8) is 0 Å². The summed E-state index contributed by atoms with van der Waals surface area (Å²) in [5.41, 5.74) is -1.84. The quantitative estimate of drug-likeness (QED) is 0.638. The molecule has 0 amide bonds. The van der Waals surface area contributed by atoms with Crippen molar-refractivity contribution in [2.45, 2.75) is 25.1 Å². The molecule has 0 bridgehead atoms. The number of rotatable bonds is 5. The SMILES string of the molecule is O=[N+]([O-])c1cc(C(F)(F)F)c(Cl)cc1N1CCCC(OCCO)C1. The molecular formula is C14H16ClF3N2O4. The van der Waals surface area contributed by atoms with Crippen LogP contribution in [0.1, 0.15) is 18.4 Å². The van der Waals surface area contributed by atoms with Gasteiger partial charge in [-0.2, -0.15) is 13.2 Å². The van der Waals surface area contributed by atoms with E-state index in [1.807, 2.05) is 0 Å². The number of anilines is 1. The lowest BCUT2D eigenvalue weighted by Crippen LogP contribution is -2.40. The molecule has 0 aromatic heterocycles. The summed E-state index contributed by atoms with van der Waals surface area (Å²) in [5, 5.41) is 19.4. The predicted molar refractivity (Wildman–Crippen MR) is 81.4 cm³/mol. The zero-order chi connectivity index (χ0) is 17.9. The second-order valence-electron chi connectivity index (χ2n) is 5.38. The van der Waals surface area contributed by atoms with Gasteiger partial charge in [0.2, 0.25) is 0 Å². The molecule has 1 heterocycles. The number of nitro benzene ring substituents is 1. The maximum atomic E-state index is 12.9. The Morgan fingerprint density at radius 3 is 2.75 bits per heavy atom. The van der Waals surface area contributed by atoms with Crippen molar-refractivity contribution in [2.75, 3.05) is 31.2 Å². The van der Waals surface area contributed by atoms with Crippen molar-refractivity contribution in [3.8, 4) is 0 Å². The molecule has 134 valence electrons. The average Bonchev–Trinajstić information content (AvgIpc) is 2.51. The van der Waals surface area contributed by atoms with E-state index in [9.17, 15) is 23.3 Å². The van der Waals surface area contributed by atoms with Crippen LogP contribution < -0.4 is 4.90 Å². The Hall–Kier alpha value is -1.58. The number of hydrogen-bond donors (Lipinski definition) is 1. The summed E-state index contributed by atoms with van der Waals surface area (Å²) in [5.74, 6) is 0. The first-order valence-electron chi connectivity index (χ1n) is 7.26. The molecule has 1 aromatic rings. The summed E-state index contributed by atoms with van der Waals surface area (Å²) in [4.78, 5) is 12.0. The lowest BCUT2D eigenvalue weighted by molar-refractivity contribution is -0.384. The third kappa shape index (κ3) is 4.28. The third-order valence-electron chi connectivity index (χ3n) is 3.73. The fourth-order valence-electron chi connectivity index (χ4n) is 2.68. The van der Waals surface area contributed by atoms with Gasteiger partial charge in [-0.05, 0) is 18.9 Å². The molecule has 0 aliphatic carbocycles. The fourth-order valence-corrected chi connectivity index (χ4v) is 2.95. The number of nitro groups is 1. The van der Waals surface area contributed by atoms with Gasteiger partial charge in [0.1, 0.15) is 5.69 Å². The van der Waals surface area contributed by atoms with E-state index in [1.54, 1.807) is 4.90 Å². The molecule has 0 radical (unpaired) electrons. The minimum Gasteiger partial charge on any atom is -0.394 e. The van der Waals surface area contributed by atoms with Crippen molar-refractivity contribution in [3.05, 3.63) is 32.8 Å². The Morgan fingerprint density at radius 1 is 1.46 bits per heavy atom. The van der Waals surface area contributed by atoms with Crippen LogP contribution in [0.2, 0.25) is 5.02 Å². The summed E-state index contributed by atoms with van der Waals surface area (Å²) in [6, 6.07) is 1.45. The first-order chi connectivity index (χ1) is 11.2. The summed E-state index contributed by atoms with van der Waals surface area (Å²) in [6.45, 7) is 0.709. The highest BCUT2D eigenvalue weighted by atomic mass is 35.5. The number of piperidine rings is 1. The van der Waals surface area contributed by atoms with Crippen LogP contribution >= 0.6 is 11.6 Å². The maximum Gasteiger partial charge on any atom is 0.418 e. The molecule has 24 heavy (non-hydrogen) atoms. The topological polar surface area (TPSA) is 75.8 Å². The van der Waals surface area contributed by atoms with Crippen LogP contribution in [-0.4, -0.2) is 42.4 Å². The van der Waals surface area contributed by atoms with Crippen molar-refractivity contribution in [2.24, 2.45) is 0 Å². The van der Waals surface area contributed by atoms with Gasteiger partial charge in [0, 0.05) is 19.2 Å². The van der Waals surface area contributed by atoms with Gasteiger partial charge < -0.3 is 14.7 Å². The standard InChI is InChI=1S/C14H16ClF3N2O4/c15-11-7-12(13(20(22)23)6-10(11)14(16,17)18)19-3-1-2-9(8-19)24-5-4-21/h6-7,9,21H,1-5,8H2. The fraction of sp³-hybridized carbons (Fsp3) is 0.571. The molecule has 1 aromatic carbocycles. The van der Waals surface area contributed by atoms with E-state index < -0.39 is 27.4 Å². The molecule has 1 saturated heterocycles. The normalized spacial score (nSPS) is 18.7. The number of benzene rings is 1. The first-order valence-corrected chi connectivity index (χ1v) is 7.64. The minimum absolute atomic E-state index is 0.0373. The van der Waals surface area contributed by atoms with Crippen LogP contribution in [0, 0.1) is 10.1 Å². The average molecular weight is 369 g/mol. The number of halogens is 4.